The molecule has 0 saturated carbocycles. The van der Waals surface area contributed by atoms with E-state index in [4.69, 9.17) is 14.1 Å². The minimum Gasteiger partial charge on any atom is -0.497 e. The lowest BCUT2D eigenvalue weighted by atomic mass is 10.1. The predicted octanol–water partition coefficient (Wildman–Crippen LogP) is 7.20. The molecule has 2 heterocycles. The standard InChI is InChI=1S/C30H23N5O3/c1-37-24-13-11-22(12-14-24)32-30(36)33-23-9-5-8-21(16-23)28-25(18-31-35-28)29-34-26-17-20(10-15-27(26)38-29)19-6-3-2-4-7-19/h2-18H,1H3,(H,31,35)(H2,32,33,36). The van der Waals surface area contributed by atoms with Gasteiger partial charge in [-0.3, -0.25) is 5.10 Å². The van der Waals surface area contributed by atoms with E-state index in [0.717, 1.165) is 27.8 Å². The number of carbonyl (C=O) groups excluding carboxylic acids is 1. The molecule has 0 unspecified atom stereocenters. The fourth-order valence-corrected chi connectivity index (χ4v) is 4.24. The largest absolute Gasteiger partial charge is 0.497 e. The topological polar surface area (TPSA) is 105 Å². The van der Waals surface area contributed by atoms with Crippen molar-refractivity contribution >= 4 is 28.5 Å². The van der Waals surface area contributed by atoms with Gasteiger partial charge in [0, 0.05) is 23.1 Å². The zero-order chi connectivity index (χ0) is 25.9. The summed E-state index contributed by atoms with van der Waals surface area (Å²) in [6.45, 7) is 0. The number of hydrogen-bond donors (Lipinski definition) is 3. The van der Waals surface area contributed by atoms with Crippen LogP contribution in [0.1, 0.15) is 0 Å². The van der Waals surface area contributed by atoms with Crippen LogP contribution >= 0.6 is 0 Å². The Bertz CT molecular complexity index is 1720. The van der Waals surface area contributed by atoms with Crippen molar-refractivity contribution in [3.8, 4) is 39.6 Å². The number of aromatic nitrogens is 3. The summed E-state index contributed by atoms with van der Waals surface area (Å²) >= 11 is 0. The molecule has 0 aliphatic carbocycles. The molecule has 2 aromatic heterocycles. The second-order valence-corrected chi connectivity index (χ2v) is 8.60. The highest BCUT2D eigenvalue weighted by Gasteiger charge is 2.17. The van der Waals surface area contributed by atoms with Gasteiger partial charge in [-0.15, -0.1) is 0 Å². The molecular weight excluding hydrogens is 478 g/mol. The highest BCUT2D eigenvalue weighted by atomic mass is 16.5. The number of nitrogens with one attached hydrogen (secondary N) is 3. The van der Waals surface area contributed by atoms with Crippen LogP contribution < -0.4 is 15.4 Å². The summed E-state index contributed by atoms with van der Waals surface area (Å²) in [6, 6.07) is 30.3. The van der Waals surface area contributed by atoms with Crippen molar-refractivity contribution in [2.45, 2.75) is 0 Å². The summed E-state index contributed by atoms with van der Waals surface area (Å²) in [7, 11) is 1.60. The molecule has 2 amide bonds. The number of rotatable bonds is 6. The van der Waals surface area contributed by atoms with Crippen LogP contribution in [0.2, 0.25) is 0 Å². The van der Waals surface area contributed by atoms with Crippen molar-refractivity contribution < 1.29 is 13.9 Å². The summed E-state index contributed by atoms with van der Waals surface area (Å²) in [5, 5.41) is 13.0. The number of oxazole rings is 1. The van der Waals surface area contributed by atoms with Crippen LogP contribution in [0.3, 0.4) is 0 Å². The smallest absolute Gasteiger partial charge is 0.323 e. The first-order chi connectivity index (χ1) is 18.7. The Balaban J connectivity index is 1.24. The summed E-state index contributed by atoms with van der Waals surface area (Å²) in [5.74, 6) is 1.18. The fourth-order valence-electron chi connectivity index (χ4n) is 4.24. The van der Waals surface area contributed by atoms with E-state index in [1.807, 2.05) is 60.7 Å². The third-order valence-corrected chi connectivity index (χ3v) is 6.11. The van der Waals surface area contributed by atoms with Crippen LogP contribution in [0.4, 0.5) is 16.2 Å². The van der Waals surface area contributed by atoms with Crippen molar-refractivity contribution in [3.05, 3.63) is 103 Å². The zero-order valence-corrected chi connectivity index (χ0v) is 20.4. The summed E-state index contributed by atoms with van der Waals surface area (Å²) in [4.78, 5) is 17.3. The number of H-pyrrole nitrogens is 1. The lowest BCUT2D eigenvalue weighted by Crippen LogP contribution is -2.19. The number of amides is 2. The van der Waals surface area contributed by atoms with E-state index < -0.39 is 0 Å². The van der Waals surface area contributed by atoms with E-state index in [9.17, 15) is 4.79 Å². The molecule has 186 valence electrons. The lowest BCUT2D eigenvalue weighted by Gasteiger charge is -2.09. The molecule has 4 aromatic carbocycles. The van der Waals surface area contributed by atoms with E-state index in [1.165, 1.54) is 0 Å². The number of hydrogen-bond acceptors (Lipinski definition) is 5. The summed E-state index contributed by atoms with van der Waals surface area (Å²) in [5.41, 5.74) is 7.10. The number of benzene rings is 4. The Morgan fingerprint density at radius 1 is 0.816 bits per heavy atom. The van der Waals surface area contributed by atoms with Gasteiger partial charge >= 0.3 is 6.03 Å². The highest BCUT2D eigenvalue weighted by molar-refractivity contribution is 6.00. The van der Waals surface area contributed by atoms with Crippen molar-refractivity contribution in [2.24, 2.45) is 0 Å². The predicted molar refractivity (Wildman–Crippen MR) is 148 cm³/mol. The molecule has 0 fully saturated rings. The van der Waals surface area contributed by atoms with Crippen molar-refractivity contribution in [1.29, 1.82) is 0 Å². The number of fused-ring (bicyclic) bond motifs is 1. The van der Waals surface area contributed by atoms with E-state index in [0.29, 0.717) is 34.3 Å². The first-order valence-electron chi connectivity index (χ1n) is 12.0. The average Bonchev–Trinajstić information content (AvgIpc) is 3.61. The van der Waals surface area contributed by atoms with Gasteiger partial charge in [-0.05, 0) is 59.7 Å². The lowest BCUT2D eigenvalue weighted by molar-refractivity contribution is 0.262. The molecule has 6 rings (SSSR count). The number of carbonyl (C=O) groups is 1. The van der Waals surface area contributed by atoms with Crippen LogP contribution in [-0.4, -0.2) is 28.3 Å². The normalized spacial score (nSPS) is 10.9. The second-order valence-electron chi connectivity index (χ2n) is 8.60. The molecule has 6 aromatic rings. The maximum Gasteiger partial charge on any atom is 0.323 e. The second kappa shape index (κ2) is 9.94. The summed E-state index contributed by atoms with van der Waals surface area (Å²) in [6.07, 6.45) is 1.76. The molecule has 3 N–H and O–H groups in total. The van der Waals surface area contributed by atoms with E-state index >= 15 is 0 Å². The van der Waals surface area contributed by atoms with E-state index in [1.54, 1.807) is 37.6 Å². The molecule has 8 nitrogen and oxygen atoms in total. The monoisotopic (exact) mass is 501 g/mol. The van der Waals surface area contributed by atoms with E-state index in [2.05, 4.69) is 33.0 Å². The highest BCUT2D eigenvalue weighted by Crippen LogP contribution is 2.34. The first kappa shape index (κ1) is 23.1. The third-order valence-electron chi connectivity index (χ3n) is 6.11. The molecule has 0 saturated heterocycles. The fraction of sp³-hybridized carbons (Fsp3) is 0.0333. The van der Waals surface area contributed by atoms with Crippen molar-refractivity contribution in [3.63, 3.8) is 0 Å². The van der Waals surface area contributed by atoms with Gasteiger partial charge in [-0.1, -0.05) is 48.5 Å². The van der Waals surface area contributed by atoms with Gasteiger partial charge in [0.05, 0.1) is 12.7 Å². The number of aromatic amines is 1. The summed E-state index contributed by atoms with van der Waals surface area (Å²) < 4.78 is 11.2. The Hall–Kier alpha value is -5.37. The SMILES string of the molecule is COc1ccc(NC(=O)Nc2cccc(-c3n[nH]cc3-c3nc4cc(-c5ccccc5)ccc4o3)c2)cc1. The minimum absolute atomic E-state index is 0.359. The van der Waals surface area contributed by atoms with Crippen LogP contribution in [0.25, 0.3) is 44.9 Å². The van der Waals surface area contributed by atoms with Gasteiger partial charge < -0.3 is 19.8 Å². The quantitative estimate of drug-likeness (QED) is 0.224. The first-order valence-corrected chi connectivity index (χ1v) is 12.0. The minimum atomic E-state index is -0.359. The molecule has 0 bridgehead atoms. The molecule has 0 aliphatic heterocycles. The zero-order valence-electron chi connectivity index (χ0n) is 20.4. The molecule has 0 atom stereocenters. The Morgan fingerprint density at radius 2 is 1.61 bits per heavy atom. The Labute approximate surface area is 218 Å². The van der Waals surface area contributed by atoms with Gasteiger partial charge in [-0.25, -0.2) is 9.78 Å². The molecule has 0 radical (unpaired) electrons. The van der Waals surface area contributed by atoms with Gasteiger partial charge in [0.15, 0.2) is 5.58 Å². The van der Waals surface area contributed by atoms with Gasteiger partial charge in [0.1, 0.15) is 17.0 Å². The molecular formula is C30H23N5O3. The third kappa shape index (κ3) is 4.70. The Morgan fingerprint density at radius 3 is 2.42 bits per heavy atom. The number of urea groups is 1. The molecule has 8 heteroatoms. The molecule has 38 heavy (non-hydrogen) atoms. The van der Waals surface area contributed by atoms with Crippen LogP contribution in [0, 0.1) is 0 Å². The molecule has 0 spiro atoms. The van der Waals surface area contributed by atoms with Crippen molar-refractivity contribution in [1.82, 2.24) is 15.2 Å². The average molecular weight is 502 g/mol. The van der Waals surface area contributed by atoms with Gasteiger partial charge in [0.2, 0.25) is 5.89 Å². The van der Waals surface area contributed by atoms with Gasteiger partial charge in [0.25, 0.3) is 0 Å². The van der Waals surface area contributed by atoms with Crippen LogP contribution in [0.5, 0.6) is 5.75 Å². The number of nitrogens with zero attached hydrogens (tertiary/aromatic N) is 2. The maximum atomic E-state index is 12.6. The van der Waals surface area contributed by atoms with Crippen LogP contribution in [-0.2, 0) is 0 Å². The maximum absolute atomic E-state index is 12.6. The number of ether oxygens (including phenoxy) is 1. The number of anilines is 2. The number of methoxy groups -OCH3 is 1. The Kier molecular flexibility index (Phi) is 6.03. The molecule has 0 aliphatic rings. The van der Waals surface area contributed by atoms with E-state index in [-0.39, 0.29) is 6.03 Å². The van der Waals surface area contributed by atoms with Crippen molar-refractivity contribution in [2.75, 3.05) is 17.7 Å². The van der Waals surface area contributed by atoms with Crippen LogP contribution in [0.15, 0.2) is 108 Å². The van der Waals surface area contributed by atoms with Gasteiger partial charge in [-0.2, -0.15) is 5.10 Å².